The molecule has 3 nitrogen and oxygen atoms in total. The Kier molecular flexibility index (Phi) is 4.78. The van der Waals surface area contributed by atoms with Crippen LogP contribution in [-0.2, 0) is 6.67 Å². The molecule has 0 aliphatic carbocycles. The molecular weight excluding hydrogens is 351 g/mol. The number of H-pyrrole nitrogens is 1. The Morgan fingerprint density at radius 1 is 0.929 bits per heavy atom. The summed E-state index contributed by atoms with van der Waals surface area (Å²) < 4.78 is 13.5. The van der Waals surface area contributed by atoms with Gasteiger partial charge in [0.1, 0.15) is 12.5 Å². The van der Waals surface area contributed by atoms with Crippen molar-refractivity contribution in [3.63, 3.8) is 0 Å². The van der Waals surface area contributed by atoms with Gasteiger partial charge in [-0.1, -0.05) is 56.3 Å². The van der Waals surface area contributed by atoms with Gasteiger partial charge in [0, 0.05) is 5.56 Å². The van der Waals surface area contributed by atoms with Crippen LogP contribution in [0.4, 0.5) is 4.39 Å². The number of fused-ring (bicyclic) bond motifs is 1. The number of aromatic amines is 1. The second kappa shape index (κ2) is 7.39. The number of benzene rings is 3. The van der Waals surface area contributed by atoms with Gasteiger partial charge in [-0.25, -0.2) is 9.37 Å². The minimum atomic E-state index is -0.581. The first-order valence-corrected chi connectivity index (χ1v) is 9.35. The van der Waals surface area contributed by atoms with Crippen molar-refractivity contribution >= 4 is 10.9 Å². The van der Waals surface area contributed by atoms with Gasteiger partial charge in [-0.3, -0.25) is 4.79 Å². The molecular formula is C24H21FN2O. The van der Waals surface area contributed by atoms with Crippen LogP contribution < -0.4 is 5.56 Å². The van der Waals surface area contributed by atoms with Crippen LogP contribution in [0.15, 0.2) is 71.5 Å². The summed E-state index contributed by atoms with van der Waals surface area (Å²) >= 11 is 0. The van der Waals surface area contributed by atoms with E-state index in [0.29, 0.717) is 27.9 Å². The fraction of sp³-hybridized carbons (Fsp3) is 0.167. The third-order valence-electron chi connectivity index (χ3n) is 4.92. The quantitative estimate of drug-likeness (QED) is 0.488. The molecule has 0 radical (unpaired) electrons. The van der Waals surface area contributed by atoms with E-state index >= 15 is 0 Å². The van der Waals surface area contributed by atoms with Crippen molar-refractivity contribution in [3.8, 4) is 22.5 Å². The van der Waals surface area contributed by atoms with E-state index in [1.54, 1.807) is 12.1 Å². The average molecular weight is 372 g/mol. The van der Waals surface area contributed by atoms with Crippen LogP contribution in [0.2, 0.25) is 0 Å². The standard InChI is InChI=1S/C24H21FN2O/c1-15(2)20-9-6-10-21-22(20)26-23(27-24(21)28)19-12-16(14-25)11-18(13-19)17-7-4-3-5-8-17/h3-13,15H,14H2,1-2H3,(H,26,27,28). The first-order valence-electron chi connectivity index (χ1n) is 9.35. The first-order chi connectivity index (χ1) is 13.6. The van der Waals surface area contributed by atoms with E-state index in [1.165, 1.54) is 0 Å². The lowest BCUT2D eigenvalue weighted by Crippen LogP contribution is -2.11. The predicted octanol–water partition coefficient (Wildman–Crippen LogP) is 5.85. The van der Waals surface area contributed by atoms with Crippen molar-refractivity contribution in [1.82, 2.24) is 9.97 Å². The molecule has 0 spiro atoms. The van der Waals surface area contributed by atoms with Crippen LogP contribution in [0.25, 0.3) is 33.4 Å². The Hall–Kier alpha value is -3.27. The molecule has 0 aliphatic rings. The SMILES string of the molecule is CC(C)c1cccc2c(=O)[nH]c(-c3cc(CF)cc(-c4ccccc4)c3)nc12. The van der Waals surface area contributed by atoms with E-state index in [4.69, 9.17) is 4.98 Å². The fourth-order valence-electron chi connectivity index (χ4n) is 3.49. The maximum atomic E-state index is 13.5. The van der Waals surface area contributed by atoms with Crippen LogP contribution in [-0.4, -0.2) is 9.97 Å². The zero-order valence-electron chi connectivity index (χ0n) is 15.9. The molecule has 28 heavy (non-hydrogen) atoms. The Bertz CT molecular complexity index is 1200. The van der Waals surface area contributed by atoms with Crippen molar-refractivity contribution in [3.05, 3.63) is 88.2 Å². The molecule has 0 fully saturated rings. The predicted molar refractivity (Wildman–Crippen MR) is 112 cm³/mol. The van der Waals surface area contributed by atoms with Crippen LogP contribution in [0.3, 0.4) is 0 Å². The molecule has 0 atom stereocenters. The van der Waals surface area contributed by atoms with Gasteiger partial charge < -0.3 is 4.98 Å². The van der Waals surface area contributed by atoms with Gasteiger partial charge in [0.05, 0.1) is 10.9 Å². The topological polar surface area (TPSA) is 45.8 Å². The summed E-state index contributed by atoms with van der Waals surface area (Å²) in [6.07, 6.45) is 0. The van der Waals surface area contributed by atoms with E-state index in [-0.39, 0.29) is 11.5 Å². The molecule has 4 rings (SSSR count). The Labute approximate surface area is 162 Å². The van der Waals surface area contributed by atoms with Crippen LogP contribution >= 0.6 is 0 Å². The highest BCUT2D eigenvalue weighted by Crippen LogP contribution is 2.28. The maximum absolute atomic E-state index is 13.5. The van der Waals surface area contributed by atoms with E-state index in [1.807, 2.05) is 54.6 Å². The lowest BCUT2D eigenvalue weighted by molar-refractivity contribution is 0.485. The number of para-hydroxylation sites is 1. The van der Waals surface area contributed by atoms with Crippen molar-refractivity contribution in [2.24, 2.45) is 0 Å². The number of nitrogens with one attached hydrogen (secondary N) is 1. The molecule has 1 aromatic heterocycles. The summed E-state index contributed by atoms with van der Waals surface area (Å²) in [4.78, 5) is 20.3. The Morgan fingerprint density at radius 3 is 2.39 bits per heavy atom. The number of rotatable bonds is 4. The molecule has 0 unspecified atom stereocenters. The third kappa shape index (κ3) is 3.33. The van der Waals surface area contributed by atoms with Gasteiger partial charge >= 0.3 is 0 Å². The lowest BCUT2D eigenvalue weighted by atomic mass is 9.98. The Morgan fingerprint density at radius 2 is 1.68 bits per heavy atom. The number of halogens is 1. The normalized spacial score (nSPS) is 11.3. The highest BCUT2D eigenvalue weighted by atomic mass is 19.1. The summed E-state index contributed by atoms with van der Waals surface area (Å²) in [5, 5.41) is 0.569. The summed E-state index contributed by atoms with van der Waals surface area (Å²) in [7, 11) is 0. The molecule has 1 heterocycles. The number of aromatic nitrogens is 2. The van der Waals surface area contributed by atoms with Gasteiger partial charge in [-0.05, 0) is 52.4 Å². The molecule has 4 heteroatoms. The maximum Gasteiger partial charge on any atom is 0.259 e. The van der Waals surface area contributed by atoms with E-state index in [2.05, 4.69) is 18.8 Å². The van der Waals surface area contributed by atoms with Crippen molar-refractivity contribution < 1.29 is 4.39 Å². The third-order valence-corrected chi connectivity index (χ3v) is 4.92. The van der Waals surface area contributed by atoms with E-state index in [9.17, 15) is 9.18 Å². The zero-order chi connectivity index (χ0) is 19.7. The largest absolute Gasteiger partial charge is 0.306 e. The highest BCUT2D eigenvalue weighted by molar-refractivity contribution is 5.83. The number of hydrogen-bond acceptors (Lipinski definition) is 2. The van der Waals surface area contributed by atoms with Crippen molar-refractivity contribution in [1.29, 1.82) is 0 Å². The van der Waals surface area contributed by atoms with Crippen LogP contribution in [0.5, 0.6) is 0 Å². The number of hydrogen-bond donors (Lipinski definition) is 1. The summed E-state index contributed by atoms with van der Waals surface area (Å²) in [5.41, 5.74) is 4.67. The molecule has 0 saturated heterocycles. The van der Waals surface area contributed by atoms with E-state index in [0.717, 1.165) is 16.7 Å². The lowest BCUT2D eigenvalue weighted by Gasteiger charge is -2.12. The molecule has 0 aliphatic heterocycles. The van der Waals surface area contributed by atoms with Gasteiger partial charge in [-0.2, -0.15) is 0 Å². The number of alkyl halides is 1. The number of nitrogens with zero attached hydrogens (tertiary/aromatic N) is 1. The van der Waals surface area contributed by atoms with Crippen LogP contribution in [0.1, 0.15) is 30.9 Å². The second-order valence-electron chi connectivity index (χ2n) is 7.23. The van der Waals surface area contributed by atoms with Crippen molar-refractivity contribution in [2.45, 2.75) is 26.4 Å². The molecule has 3 aromatic carbocycles. The van der Waals surface area contributed by atoms with Crippen molar-refractivity contribution in [2.75, 3.05) is 0 Å². The minimum absolute atomic E-state index is 0.186. The smallest absolute Gasteiger partial charge is 0.259 e. The fourth-order valence-corrected chi connectivity index (χ4v) is 3.49. The summed E-state index contributed by atoms with van der Waals surface area (Å²) in [6.45, 7) is 3.58. The van der Waals surface area contributed by atoms with Gasteiger partial charge in [-0.15, -0.1) is 0 Å². The second-order valence-corrected chi connectivity index (χ2v) is 7.23. The molecule has 140 valence electrons. The van der Waals surface area contributed by atoms with Gasteiger partial charge in [0.15, 0.2) is 0 Å². The zero-order valence-corrected chi connectivity index (χ0v) is 15.9. The molecule has 4 aromatic rings. The average Bonchev–Trinajstić information content (AvgIpc) is 2.73. The minimum Gasteiger partial charge on any atom is -0.306 e. The van der Waals surface area contributed by atoms with E-state index < -0.39 is 6.67 Å². The van der Waals surface area contributed by atoms with Gasteiger partial charge in [0.2, 0.25) is 0 Å². The molecule has 1 N–H and O–H groups in total. The highest BCUT2D eigenvalue weighted by Gasteiger charge is 2.13. The first kappa shape index (κ1) is 18.1. The molecule has 0 bridgehead atoms. The monoisotopic (exact) mass is 372 g/mol. The van der Waals surface area contributed by atoms with Crippen LogP contribution in [0, 0.1) is 0 Å². The Balaban J connectivity index is 1.95. The molecule has 0 amide bonds. The summed E-state index contributed by atoms with van der Waals surface area (Å²) in [6, 6.07) is 21.0. The molecule has 0 saturated carbocycles. The van der Waals surface area contributed by atoms with Gasteiger partial charge in [0.25, 0.3) is 5.56 Å². The summed E-state index contributed by atoms with van der Waals surface area (Å²) in [5.74, 6) is 0.695.